The van der Waals surface area contributed by atoms with E-state index in [0.717, 1.165) is 0 Å². The van der Waals surface area contributed by atoms with E-state index in [0.29, 0.717) is 21.8 Å². The lowest BCUT2D eigenvalue weighted by atomic mass is 10.1. The quantitative estimate of drug-likeness (QED) is 0.704. The van der Waals surface area contributed by atoms with Crippen molar-refractivity contribution in [3.8, 4) is 11.3 Å². The third-order valence-electron chi connectivity index (χ3n) is 2.21. The van der Waals surface area contributed by atoms with E-state index in [1.54, 1.807) is 43.5 Å². The molecule has 2 aromatic rings. The predicted octanol–water partition coefficient (Wildman–Crippen LogP) is 4.88. The molecule has 3 heteroatoms. The molecule has 0 N–H and O–H groups in total. The summed E-state index contributed by atoms with van der Waals surface area (Å²) < 4.78 is 13.8. The summed E-state index contributed by atoms with van der Waals surface area (Å²) in [7, 11) is 0. The highest BCUT2D eigenvalue weighted by molar-refractivity contribution is 6.33. The molecule has 0 atom stereocenters. The first-order chi connectivity index (χ1) is 8.20. The van der Waals surface area contributed by atoms with Crippen molar-refractivity contribution in [2.75, 3.05) is 0 Å². The maximum absolute atomic E-state index is 13.8. The third kappa shape index (κ3) is 3.04. The monoisotopic (exact) mass is 251 g/mol. The molecule has 1 heterocycles. The molecule has 0 aliphatic carbocycles. The summed E-state index contributed by atoms with van der Waals surface area (Å²) in [6.07, 6.45) is 1.60. The van der Waals surface area contributed by atoms with Crippen LogP contribution < -0.4 is 0 Å². The molecule has 0 aliphatic heterocycles. The number of aromatic nitrogens is 1. The van der Waals surface area contributed by atoms with Gasteiger partial charge in [-0.3, -0.25) is 4.98 Å². The Labute approximate surface area is 106 Å². The molecule has 0 amide bonds. The van der Waals surface area contributed by atoms with Gasteiger partial charge in [-0.2, -0.15) is 0 Å². The van der Waals surface area contributed by atoms with Crippen LogP contribution in [0.2, 0.25) is 5.02 Å². The van der Waals surface area contributed by atoms with Gasteiger partial charge in [-0.05, 0) is 30.7 Å². The fourth-order valence-electron chi connectivity index (χ4n) is 1.41. The molecule has 0 saturated carbocycles. The SMILES string of the molecule is CC.Cc1cccc(-c2ncccc2Cl)c1F. The van der Waals surface area contributed by atoms with E-state index in [-0.39, 0.29) is 5.82 Å². The molecule has 0 aliphatic rings. The summed E-state index contributed by atoms with van der Waals surface area (Å²) in [5.41, 5.74) is 1.52. The van der Waals surface area contributed by atoms with Crippen molar-refractivity contribution >= 4 is 11.6 Å². The Balaban J connectivity index is 0.000000686. The molecule has 0 saturated heterocycles. The van der Waals surface area contributed by atoms with Crippen LogP contribution in [0.4, 0.5) is 4.39 Å². The zero-order valence-corrected chi connectivity index (χ0v) is 10.9. The lowest BCUT2D eigenvalue weighted by Gasteiger charge is -2.05. The number of hydrogen-bond acceptors (Lipinski definition) is 1. The van der Waals surface area contributed by atoms with Gasteiger partial charge in [0.1, 0.15) is 5.82 Å². The molecule has 90 valence electrons. The minimum absolute atomic E-state index is 0.266. The highest BCUT2D eigenvalue weighted by Crippen LogP contribution is 2.28. The Morgan fingerprint density at radius 3 is 2.47 bits per heavy atom. The highest BCUT2D eigenvalue weighted by atomic mass is 35.5. The van der Waals surface area contributed by atoms with Gasteiger partial charge in [0.25, 0.3) is 0 Å². The van der Waals surface area contributed by atoms with Gasteiger partial charge in [0.2, 0.25) is 0 Å². The molecule has 0 bridgehead atoms. The molecule has 1 aromatic carbocycles. The molecule has 0 fully saturated rings. The summed E-state index contributed by atoms with van der Waals surface area (Å²) >= 11 is 5.95. The van der Waals surface area contributed by atoms with Crippen molar-refractivity contribution in [3.05, 3.63) is 52.9 Å². The maximum Gasteiger partial charge on any atom is 0.135 e. The lowest BCUT2D eigenvalue weighted by Crippen LogP contribution is -1.91. The molecule has 0 spiro atoms. The van der Waals surface area contributed by atoms with Crippen LogP contribution in [0.5, 0.6) is 0 Å². The topological polar surface area (TPSA) is 12.9 Å². The number of halogens is 2. The molecular formula is C14H15ClFN. The van der Waals surface area contributed by atoms with E-state index in [1.165, 1.54) is 0 Å². The van der Waals surface area contributed by atoms with Crippen LogP contribution in [-0.4, -0.2) is 4.98 Å². The lowest BCUT2D eigenvalue weighted by molar-refractivity contribution is 0.621. The van der Waals surface area contributed by atoms with Crippen molar-refractivity contribution < 1.29 is 4.39 Å². The van der Waals surface area contributed by atoms with Gasteiger partial charge in [-0.1, -0.05) is 37.6 Å². The first-order valence-corrected chi connectivity index (χ1v) is 5.94. The smallest absolute Gasteiger partial charge is 0.135 e. The minimum atomic E-state index is -0.266. The summed E-state index contributed by atoms with van der Waals surface area (Å²) in [6, 6.07) is 8.61. The van der Waals surface area contributed by atoms with E-state index in [1.807, 2.05) is 13.8 Å². The summed E-state index contributed by atoms with van der Waals surface area (Å²) in [4.78, 5) is 4.08. The molecule has 2 rings (SSSR count). The predicted molar refractivity (Wildman–Crippen MR) is 70.7 cm³/mol. The van der Waals surface area contributed by atoms with Crippen LogP contribution in [0.1, 0.15) is 19.4 Å². The number of pyridine rings is 1. The van der Waals surface area contributed by atoms with E-state index < -0.39 is 0 Å². The van der Waals surface area contributed by atoms with Gasteiger partial charge in [0.15, 0.2) is 0 Å². The Morgan fingerprint density at radius 1 is 1.12 bits per heavy atom. The zero-order valence-electron chi connectivity index (χ0n) is 10.2. The number of aryl methyl sites for hydroxylation is 1. The number of benzene rings is 1. The normalized spacial score (nSPS) is 9.47. The van der Waals surface area contributed by atoms with Crippen molar-refractivity contribution in [2.45, 2.75) is 20.8 Å². The van der Waals surface area contributed by atoms with E-state index in [2.05, 4.69) is 4.98 Å². The van der Waals surface area contributed by atoms with Crippen LogP contribution in [-0.2, 0) is 0 Å². The Hall–Kier alpha value is -1.41. The summed E-state index contributed by atoms with van der Waals surface area (Å²) in [5, 5.41) is 0.460. The van der Waals surface area contributed by atoms with Gasteiger partial charge in [0.05, 0.1) is 10.7 Å². The zero-order chi connectivity index (χ0) is 12.8. The average molecular weight is 252 g/mol. The van der Waals surface area contributed by atoms with E-state index in [4.69, 9.17) is 11.6 Å². The fraction of sp³-hybridized carbons (Fsp3) is 0.214. The molecule has 17 heavy (non-hydrogen) atoms. The van der Waals surface area contributed by atoms with Crippen LogP contribution in [0.15, 0.2) is 36.5 Å². The molecule has 1 aromatic heterocycles. The molecule has 0 radical (unpaired) electrons. The highest BCUT2D eigenvalue weighted by Gasteiger charge is 2.10. The second-order valence-corrected chi connectivity index (χ2v) is 3.68. The van der Waals surface area contributed by atoms with Crippen LogP contribution >= 0.6 is 11.6 Å². The first kappa shape index (κ1) is 13.7. The van der Waals surface area contributed by atoms with Gasteiger partial charge in [-0.25, -0.2) is 4.39 Å². The van der Waals surface area contributed by atoms with Crippen LogP contribution in [0, 0.1) is 12.7 Å². The second-order valence-electron chi connectivity index (χ2n) is 3.27. The summed E-state index contributed by atoms with van der Waals surface area (Å²) in [6.45, 7) is 5.72. The van der Waals surface area contributed by atoms with Crippen LogP contribution in [0.25, 0.3) is 11.3 Å². The van der Waals surface area contributed by atoms with Crippen LogP contribution in [0.3, 0.4) is 0 Å². The minimum Gasteiger partial charge on any atom is -0.255 e. The molecule has 1 nitrogen and oxygen atoms in total. The number of rotatable bonds is 1. The maximum atomic E-state index is 13.8. The van der Waals surface area contributed by atoms with Crippen molar-refractivity contribution in [1.82, 2.24) is 4.98 Å². The molecule has 0 unspecified atom stereocenters. The largest absolute Gasteiger partial charge is 0.255 e. The first-order valence-electron chi connectivity index (χ1n) is 5.56. The standard InChI is InChI=1S/C12H9ClFN.C2H6/c1-8-4-2-5-9(11(8)14)12-10(13)6-3-7-15-12;1-2/h2-7H,1H3;1-2H3. The van der Waals surface area contributed by atoms with Crippen molar-refractivity contribution in [3.63, 3.8) is 0 Å². The van der Waals surface area contributed by atoms with Gasteiger partial charge >= 0.3 is 0 Å². The van der Waals surface area contributed by atoms with Gasteiger partial charge in [-0.15, -0.1) is 0 Å². The van der Waals surface area contributed by atoms with E-state index >= 15 is 0 Å². The Kier molecular flexibility index (Phi) is 5.11. The Bertz CT molecular complexity index is 497. The molecular weight excluding hydrogens is 237 g/mol. The Morgan fingerprint density at radius 2 is 1.82 bits per heavy atom. The second kappa shape index (κ2) is 6.36. The van der Waals surface area contributed by atoms with E-state index in [9.17, 15) is 4.39 Å². The van der Waals surface area contributed by atoms with Crippen molar-refractivity contribution in [2.24, 2.45) is 0 Å². The summed E-state index contributed by atoms with van der Waals surface area (Å²) in [5.74, 6) is -0.266. The third-order valence-corrected chi connectivity index (χ3v) is 2.51. The van der Waals surface area contributed by atoms with Gasteiger partial charge < -0.3 is 0 Å². The van der Waals surface area contributed by atoms with Gasteiger partial charge in [0, 0.05) is 11.8 Å². The average Bonchev–Trinajstić information content (AvgIpc) is 2.36. The van der Waals surface area contributed by atoms with Crippen molar-refractivity contribution in [1.29, 1.82) is 0 Å². The number of nitrogens with zero attached hydrogens (tertiary/aromatic N) is 1. The number of hydrogen-bond donors (Lipinski definition) is 0. The fourth-order valence-corrected chi connectivity index (χ4v) is 1.64.